The van der Waals surface area contributed by atoms with Gasteiger partial charge in [0.2, 0.25) is 5.88 Å². The van der Waals surface area contributed by atoms with E-state index in [2.05, 4.69) is 20.5 Å². The largest absolute Gasteiger partial charge is 0.480 e. The average Bonchev–Trinajstić information content (AvgIpc) is 2.80. The van der Waals surface area contributed by atoms with E-state index >= 15 is 0 Å². The summed E-state index contributed by atoms with van der Waals surface area (Å²) in [6, 6.07) is 5.57. The molecule has 0 bridgehead atoms. The molecule has 2 rings (SSSR count). The maximum Gasteiger partial charge on any atom is 0.240 e. The molecule has 1 aromatic heterocycles. The number of amidine groups is 1. The van der Waals surface area contributed by atoms with Crippen molar-refractivity contribution in [2.24, 2.45) is 4.99 Å². The van der Waals surface area contributed by atoms with Gasteiger partial charge in [0.15, 0.2) is 11.4 Å². The SMILES string of the molecule is COc1n[nH]c2cc(N=C(NC#N)SC)ccc12. The van der Waals surface area contributed by atoms with Crippen LogP contribution < -0.4 is 10.1 Å². The Morgan fingerprint density at radius 3 is 3.11 bits per heavy atom. The van der Waals surface area contributed by atoms with Crippen LogP contribution in [0.4, 0.5) is 5.69 Å². The first-order valence-electron chi connectivity index (χ1n) is 5.08. The summed E-state index contributed by atoms with van der Waals surface area (Å²) in [5.41, 5.74) is 1.58. The van der Waals surface area contributed by atoms with E-state index < -0.39 is 0 Å². The zero-order valence-electron chi connectivity index (χ0n) is 9.89. The minimum absolute atomic E-state index is 0.545. The highest BCUT2D eigenvalue weighted by Gasteiger charge is 2.06. The molecule has 0 amide bonds. The van der Waals surface area contributed by atoms with Crippen molar-refractivity contribution in [1.29, 1.82) is 5.26 Å². The topological polar surface area (TPSA) is 86.1 Å². The molecule has 2 N–H and O–H groups in total. The molecule has 0 atom stereocenters. The van der Waals surface area contributed by atoms with Crippen molar-refractivity contribution >= 4 is 33.5 Å². The molecular weight excluding hydrogens is 250 g/mol. The Balaban J connectivity index is 2.39. The standard InChI is InChI=1S/C11H11N5OS/c1-17-10-8-4-3-7(5-9(8)15-16-10)14-11(18-2)13-6-12/h3-5H,1-2H3,(H,13,14)(H,15,16). The number of rotatable bonds is 2. The van der Waals surface area contributed by atoms with Gasteiger partial charge in [-0.25, -0.2) is 4.99 Å². The zero-order valence-corrected chi connectivity index (χ0v) is 10.7. The van der Waals surface area contributed by atoms with Crippen LogP contribution in [0.2, 0.25) is 0 Å². The predicted octanol–water partition coefficient (Wildman–Crippen LogP) is 1.99. The number of benzene rings is 1. The number of aliphatic imine (C=N–C) groups is 1. The van der Waals surface area contributed by atoms with Gasteiger partial charge in [-0.3, -0.25) is 10.4 Å². The van der Waals surface area contributed by atoms with Gasteiger partial charge in [-0.05, 0) is 24.5 Å². The third kappa shape index (κ3) is 2.38. The molecule has 6 nitrogen and oxygen atoms in total. The van der Waals surface area contributed by atoms with Gasteiger partial charge >= 0.3 is 0 Å². The average molecular weight is 261 g/mol. The second-order valence-corrected chi connectivity index (χ2v) is 4.12. The molecule has 1 aromatic carbocycles. The monoisotopic (exact) mass is 261 g/mol. The highest BCUT2D eigenvalue weighted by molar-refractivity contribution is 8.13. The highest BCUT2D eigenvalue weighted by Crippen LogP contribution is 2.26. The number of thioether (sulfide) groups is 1. The maximum absolute atomic E-state index is 8.56. The van der Waals surface area contributed by atoms with Crippen LogP contribution in [-0.2, 0) is 0 Å². The molecule has 92 valence electrons. The van der Waals surface area contributed by atoms with Crippen LogP contribution in [0.25, 0.3) is 10.9 Å². The van der Waals surface area contributed by atoms with E-state index in [9.17, 15) is 0 Å². The third-order valence-corrected chi connectivity index (χ3v) is 2.87. The normalized spacial score (nSPS) is 11.3. The Kier molecular flexibility index (Phi) is 3.69. The van der Waals surface area contributed by atoms with E-state index in [1.54, 1.807) is 7.11 Å². The third-order valence-electron chi connectivity index (χ3n) is 2.29. The molecule has 0 fully saturated rings. The maximum atomic E-state index is 8.56. The summed E-state index contributed by atoms with van der Waals surface area (Å²) in [4.78, 5) is 4.31. The second-order valence-electron chi connectivity index (χ2n) is 3.32. The van der Waals surface area contributed by atoms with Crippen molar-refractivity contribution in [1.82, 2.24) is 15.5 Å². The first-order chi connectivity index (χ1) is 8.78. The van der Waals surface area contributed by atoms with Gasteiger partial charge in [-0.2, -0.15) is 5.26 Å². The van der Waals surface area contributed by atoms with Crippen molar-refractivity contribution in [3.63, 3.8) is 0 Å². The Bertz CT molecular complexity index is 628. The fourth-order valence-electron chi connectivity index (χ4n) is 1.50. The number of hydrogen-bond acceptors (Lipinski definition) is 5. The quantitative estimate of drug-likeness (QED) is 0.374. The number of aromatic nitrogens is 2. The van der Waals surface area contributed by atoms with Gasteiger partial charge in [0.1, 0.15) is 0 Å². The molecule has 0 aliphatic carbocycles. The molecule has 0 spiro atoms. The van der Waals surface area contributed by atoms with E-state index in [4.69, 9.17) is 10.00 Å². The lowest BCUT2D eigenvalue weighted by Crippen LogP contribution is -2.12. The number of ether oxygens (including phenoxy) is 1. The minimum Gasteiger partial charge on any atom is -0.480 e. The molecule has 7 heteroatoms. The zero-order chi connectivity index (χ0) is 13.0. The van der Waals surface area contributed by atoms with Crippen molar-refractivity contribution in [3.05, 3.63) is 18.2 Å². The Morgan fingerprint density at radius 1 is 1.61 bits per heavy atom. The molecule has 0 aliphatic heterocycles. The first kappa shape index (κ1) is 12.3. The van der Waals surface area contributed by atoms with E-state index in [1.165, 1.54) is 11.8 Å². The molecule has 0 unspecified atom stereocenters. The Morgan fingerprint density at radius 2 is 2.44 bits per heavy atom. The summed E-state index contributed by atoms with van der Waals surface area (Å²) in [5.74, 6) is 0.556. The lowest BCUT2D eigenvalue weighted by Gasteiger charge is -2.00. The number of H-pyrrole nitrogens is 1. The lowest BCUT2D eigenvalue weighted by atomic mass is 10.2. The van der Waals surface area contributed by atoms with Gasteiger partial charge in [0.05, 0.1) is 23.7 Å². The van der Waals surface area contributed by atoms with Crippen molar-refractivity contribution in [2.75, 3.05) is 13.4 Å². The summed E-state index contributed by atoms with van der Waals surface area (Å²) in [6.45, 7) is 0. The highest BCUT2D eigenvalue weighted by atomic mass is 32.2. The molecular formula is C11H11N5OS. The molecule has 1 heterocycles. The minimum atomic E-state index is 0.545. The van der Waals surface area contributed by atoms with Gasteiger partial charge in [0.25, 0.3) is 0 Å². The van der Waals surface area contributed by atoms with Gasteiger partial charge in [0, 0.05) is 0 Å². The van der Waals surface area contributed by atoms with Crippen LogP contribution >= 0.6 is 11.8 Å². The summed E-state index contributed by atoms with van der Waals surface area (Å²) >= 11 is 1.37. The van der Waals surface area contributed by atoms with Crippen LogP contribution in [0.5, 0.6) is 5.88 Å². The van der Waals surface area contributed by atoms with Crippen LogP contribution in [0.15, 0.2) is 23.2 Å². The number of hydrogen-bond donors (Lipinski definition) is 2. The molecule has 0 radical (unpaired) electrons. The number of methoxy groups -OCH3 is 1. The summed E-state index contributed by atoms with van der Waals surface area (Å²) in [5, 5.41) is 19.4. The predicted molar refractivity (Wildman–Crippen MR) is 72.0 cm³/mol. The molecule has 0 aliphatic rings. The van der Waals surface area contributed by atoms with Crippen molar-refractivity contribution < 1.29 is 4.74 Å². The number of fused-ring (bicyclic) bond motifs is 1. The number of nitrogens with one attached hydrogen (secondary N) is 2. The van der Waals surface area contributed by atoms with E-state index in [1.807, 2.05) is 30.6 Å². The van der Waals surface area contributed by atoms with Gasteiger partial charge in [-0.15, -0.1) is 5.10 Å². The molecule has 18 heavy (non-hydrogen) atoms. The number of nitriles is 1. The molecule has 0 saturated heterocycles. The van der Waals surface area contributed by atoms with E-state index in [0.29, 0.717) is 11.0 Å². The van der Waals surface area contributed by atoms with Crippen molar-refractivity contribution in [2.45, 2.75) is 0 Å². The summed E-state index contributed by atoms with van der Waals surface area (Å²) in [7, 11) is 1.57. The summed E-state index contributed by atoms with van der Waals surface area (Å²) < 4.78 is 5.11. The first-order valence-corrected chi connectivity index (χ1v) is 6.31. The van der Waals surface area contributed by atoms with E-state index in [0.717, 1.165) is 16.6 Å². The van der Waals surface area contributed by atoms with Crippen LogP contribution in [0.1, 0.15) is 0 Å². The van der Waals surface area contributed by atoms with Crippen molar-refractivity contribution in [3.8, 4) is 12.1 Å². The van der Waals surface area contributed by atoms with Gasteiger partial charge in [-0.1, -0.05) is 11.8 Å². The van der Waals surface area contributed by atoms with Crippen LogP contribution in [0.3, 0.4) is 0 Å². The number of nitrogens with zero attached hydrogens (tertiary/aromatic N) is 3. The lowest BCUT2D eigenvalue weighted by molar-refractivity contribution is 0.401. The molecule has 2 aromatic rings. The van der Waals surface area contributed by atoms with E-state index in [-0.39, 0.29) is 0 Å². The molecule has 0 saturated carbocycles. The summed E-state index contributed by atoms with van der Waals surface area (Å²) in [6.07, 6.45) is 3.70. The van der Waals surface area contributed by atoms with Crippen LogP contribution in [-0.4, -0.2) is 28.7 Å². The second kappa shape index (κ2) is 5.42. The number of aromatic amines is 1. The Labute approximate surface area is 108 Å². The fraction of sp³-hybridized carbons (Fsp3) is 0.182. The fourth-order valence-corrected chi connectivity index (χ4v) is 1.84. The smallest absolute Gasteiger partial charge is 0.240 e. The Hall–Kier alpha value is -2.20. The van der Waals surface area contributed by atoms with Crippen LogP contribution in [0, 0.1) is 11.5 Å². The van der Waals surface area contributed by atoms with Gasteiger partial charge < -0.3 is 4.74 Å².